The quantitative estimate of drug-likeness (QED) is 0.802. The van der Waals surface area contributed by atoms with E-state index in [1.165, 1.54) is 4.90 Å². The molecule has 108 valence electrons. The lowest BCUT2D eigenvalue weighted by Gasteiger charge is -2.24. The van der Waals surface area contributed by atoms with E-state index in [0.717, 1.165) is 38.5 Å². The number of nitrogens with one attached hydrogen (secondary N) is 1. The zero-order chi connectivity index (χ0) is 14.2. The van der Waals surface area contributed by atoms with E-state index in [4.69, 9.17) is 5.73 Å². The molecule has 1 saturated carbocycles. The SMILES string of the molecule is Nc1[nH]ncc1CN1C(=O)CC2(CCCCCC2)C1=O. The molecule has 1 aliphatic carbocycles. The van der Waals surface area contributed by atoms with Gasteiger partial charge < -0.3 is 5.73 Å². The highest BCUT2D eigenvalue weighted by molar-refractivity contribution is 6.05. The third-order valence-corrected chi connectivity index (χ3v) is 4.63. The number of anilines is 1. The van der Waals surface area contributed by atoms with Gasteiger partial charge in [-0.05, 0) is 12.8 Å². The van der Waals surface area contributed by atoms with Gasteiger partial charge in [-0.25, -0.2) is 0 Å². The molecule has 1 spiro atoms. The maximum atomic E-state index is 12.7. The van der Waals surface area contributed by atoms with Crippen molar-refractivity contribution in [3.8, 4) is 0 Å². The number of imide groups is 1. The molecule has 6 heteroatoms. The molecular formula is C14H20N4O2. The fourth-order valence-electron chi connectivity index (χ4n) is 3.43. The summed E-state index contributed by atoms with van der Waals surface area (Å²) in [4.78, 5) is 26.3. The minimum Gasteiger partial charge on any atom is -0.384 e. The van der Waals surface area contributed by atoms with Crippen LogP contribution < -0.4 is 5.73 Å². The monoisotopic (exact) mass is 276 g/mol. The van der Waals surface area contributed by atoms with E-state index in [9.17, 15) is 9.59 Å². The van der Waals surface area contributed by atoms with Gasteiger partial charge in [-0.15, -0.1) is 0 Å². The first-order chi connectivity index (χ1) is 9.62. The van der Waals surface area contributed by atoms with Gasteiger partial charge in [0.2, 0.25) is 11.8 Å². The first-order valence-corrected chi connectivity index (χ1v) is 7.25. The average Bonchev–Trinajstić information content (AvgIpc) is 2.80. The molecule has 0 atom stereocenters. The molecule has 1 aromatic heterocycles. The number of likely N-dealkylation sites (tertiary alicyclic amines) is 1. The number of aromatic amines is 1. The zero-order valence-electron chi connectivity index (χ0n) is 11.5. The Labute approximate surface area is 117 Å². The van der Waals surface area contributed by atoms with Gasteiger partial charge >= 0.3 is 0 Å². The summed E-state index contributed by atoms with van der Waals surface area (Å²) < 4.78 is 0. The van der Waals surface area contributed by atoms with E-state index in [1.54, 1.807) is 6.20 Å². The van der Waals surface area contributed by atoms with E-state index in [-0.39, 0.29) is 18.4 Å². The topological polar surface area (TPSA) is 92.1 Å². The Morgan fingerprint density at radius 3 is 2.55 bits per heavy atom. The van der Waals surface area contributed by atoms with Crippen LogP contribution in [0.25, 0.3) is 0 Å². The second-order valence-corrected chi connectivity index (χ2v) is 5.97. The lowest BCUT2D eigenvalue weighted by atomic mass is 9.79. The van der Waals surface area contributed by atoms with E-state index in [2.05, 4.69) is 10.2 Å². The summed E-state index contributed by atoms with van der Waals surface area (Å²) in [6.07, 6.45) is 8.04. The van der Waals surface area contributed by atoms with Gasteiger partial charge in [0, 0.05) is 12.0 Å². The van der Waals surface area contributed by atoms with Gasteiger partial charge in [-0.3, -0.25) is 19.6 Å². The van der Waals surface area contributed by atoms with E-state index < -0.39 is 5.41 Å². The van der Waals surface area contributed by atoms with Gasteiger partial charge in [-0.1, -0.05) is 25.7 Å². The van der Waals surface area contributed by atoms with Gasteiger partial charge in [-0.2, -0.15) is 5.10 Å². The lowest BCUT2D eigenvalue weighted by molar-refractivity contribution is -0.142. The fourth-order valence-corrected chi connectivity index (χ4v) is 3.43. The number of nitrogens with two attached hydrogens (primary N) is 1. The normalized spacial score (nSPS) is 22.5. The molecule has 2 aliphatic rings. The molecule has 0 aromatic carbocycles. The maximum Gasteiger partial charge on any atom is 0.236 e. The van der Waals surface area contributed by atoms with E-state index in [0.29, 0.717) is 17.8 Å². The second kappa shape index (κ2) is 4.92. The van der Waals surface area contributed by atoms with Crippen LogP contribution in [-0.4, -0.2) is 26.9 Å². The predicted molar refractivity (Wildman–Crippen MR) is 73.3 cm³/mol. The lowest BCUT2D eigenvalue weighted by Crippen LogP contribution is -2.35. The van der Waals surface area contributed by atoms with E-state index in [1.807, 2.05) is 0 Å². The van der Waals surface area contributed by atoms with Crippen LogP contribution in [-0.2, 0) is 16.1 Å². The molecule has 0 unspecified atom stereocenters. The molecular weight excluding hydrogens is 256 g/mol. The first kappa shape index (κ1) is 13.1. The molecule has 2 fully saturated rings. The summed E-state index contributed by atoms with van der Waals surface area (Å²) >= 11 is 0. The molecule has 0 bridgehead atoms. The summed E-state index contributed by atoms with van der Waals surface area (Å²) in [5, 5.41) is 6.47. The molecule has 1 aliphatic heterocycles. The Balaban J connectivity index is 1.81. The number of amides is 2. The highest BCUT2D eigenvalue weighted by atomic mass is 16.2. The number of carbonyl (C=O) groups is 2. The Morgan fingerprint density at radius 2 is 1.95 bits per heavy atom. The summed E-state index contributed by atoms with van der Waals surface area (Å²) in [7, 11) is 0. The number of nitrogen functional groups attached to an aromatic ring is 1. The second-order valence-electron chi connectivity index (χ2n) is 5.97. The predicted octanol–water partition coefficient (Wildman–Crippen LogP) is 1.59. The van der Waals surface area contributed by atoms with Crippen molar-refractivity contribution in [1.82, 2.24) is 15.1 Å². The molecule has 2 heterocycles. The van der Waals surface area contributed by atoms with Crippen molar-refractivity contribution in [3.63, 3.8) is 0 Å². The molecule has 1 aromatic rings. The Hall–Kier alpha value is -1.85. The number of H-pyrrole nitrogens is 1. The molecule has 3 N–H and O–H groups in total. The largest absolute Gasteiger partial charge is 0.384 e. The highest BCUT2D eigenvalue weighted by Crippen LogP contribution is 2.44. The molecule has 20 heavy (non-hydrogen) atoms. The van der Waals surface area contributed by atoms with Crippen molar-refractivity contribution in [3.05, 3.63) is 11.8 Å². The highest BCUT2D eigenvalue weighted by Gasteiger charge is 2.50. The van der Waals surface area contributed by atoms with Crippen LogP contribution in [0, 0.1) is 5.41 Å². The number of nitrogens with zero attached hydrogens (tertiary/aromatic N) is 2. The summed E-state index contributed by atoms with van der Waals surface area (Å²) in [6.45, 7) is 0.238. The van der Waals surface area contributed by atoms with Crippen LogP contribution >= 0.6 is 0 Å². The van der Waals surface area contributed by atoms with Crippen molar-refractivity contribution in [2.24, 2.45) is 5.41 Å². The fraction of sp³-hybridized carbons (Fsp3) is 0.643. The summed E-state index contributed by atoms with van der Waals surface area (Å²) in [6, 6.07) is 0. The standard InChI is InChI=1S/C14H20N4O2/c15-12-10(8-16-17-12)9-18-11(19)7-14(13(18)20)5-3-1-2-4-6-14/h8H,1-7,9H2,(H3,15,16,17). The molecule has 6 nitrogen and oxygen atoms in total. The third kappa shape index (κ3) is 2.09. The molecule has 1 saturated heterocycles. The Kier molecular flexibility index (Phi) is 3.23. The molecule has 0 radical (unpaired) electrons. The van der Waals surface area contributed by atoms with Crippen LogP contribution in [0.2, 0.25) is 0 Å². The number of hydrogen-bond donors (Lipinski definition) is 2. The minimum atomic E-state index is -0.438. The van der Waals surface area contributed by atoms with Crippen molar-refractivity contribution in [1.29, 1.82) is 0 Å². The van der Waals surface area contributed by atoms with Crippen molar-refractivity contribution in [2.75, 3.05) is 5.73 Å². The number of hydrogen-bond acceptors (Lipinski definition) is 4. The molecule has 2 amide bonds. The van der Waals surface area contributed by atoms with Gasteiger partial charge in [0.05, 0.1) is 18.2 Å². The van der Waals surface area contributed by atoms with Crippen molar-refractivity contribution < 1.29 is 9.59 Å². The maximum absolute atomic E-state index is 12.7. The van der Waals surface area contributed by atoms with Gasteiger partial charge in [0.15, 0.2) is 0 Å². The van der Waals surface area contributed by atoms with Crippen LogP contribution in [0.4, 0.5) is 5.82 Å². The first-order valence-electron chi connectivity index (χ1n) is 7.25. The van der Waals surface area contributed by atoms with E-state index >= 15 is 0 Å². The number of rotatable bonds is 2. The zero-order valence-corrected chi connectivity index (χ0v) is 11.5. The van der Waals surface area contributed by atoms with Crippen molar-refractivity contribution >= 4 is 17.6 Å². The smallest absolute Gasteiger partial charge is 0.236 e. The van der Waals surface area contributed by atoms with Crippen LogP contribution in [0.1, 0.15) is 50.5 Å². The third-order valence-electron chi connectivity index (χ3n) is 4.63. The number of aromatic nitrogens is 2. The Morgan fingerprint density at radius 1 is 1.25 bits per heavy atom. The Bertz CT molecular complexity index is 529. The average molecular weight is 276 g/mol. The minimum absolute atomic E-state index is 0.00926. The van der Waals surface area contributed by atoms with Crippen LogP contribution in [0.5, 0.6) is 0 Å². The van der Waals surface area contributed by atoms with Gasteiger partial charge in [0.1, 0.15) is 5.82 Å². The molecule has 3 rings (SSSR count). The van der Waals surface area contributed by atoms with Gasteiger partial charge in [0.25, 0.3) is 0 Å². The van der Waals surface area contributed by atoms with Crippen LogP contribution in [0.15, 0.2) is 6.20 Å². The van der Waals surface area contributed by atoms with Crippen molar-refractivity contribution in [2.45, 2.75) is 51.5 Å². The van der Waals surface area contributed by atoms with Crippen LogP contribution in [0.3, 0.4) is 0 Å². The summed E-state index contributed by atoms with van der Waals surface area (Å²) in [5.74, 6) is 0.343. The number of carbonyl (C=O) groups excluding carboxylic acids is 2. The summed E-state index contributed by atoms with van der Waals surface area (Å²) in [5.41, 5.74) is 6.00.